The van der Waals surface area contributed by atoms with Crippen LogP contribution in [0.4, 0.5) is 11.4 Å². The predicted molar refractivity (Wildman–Crippen MR) is 112 cm³/mol. The smallest absolute Gasteiger partial charge is 0.283 e. The molecule has 1 heterocycles. The Morgan fingerprint density at radius 3 is 2.24 bits per heavy atom. The molecule has 7 heteroatoms. The molecule has 2 aromatic carbocycles. The van der Waals surface area contributed by atoms with Gasteiger partial charge in [0, 0.05) is 17.3 Å². The Balaban J connectivity index is 1.46. The molecular weight excluding hydrogens is 390 g/mol. The highest BCUT2D eigenvalue weighted by Gasteiger charge is 2.38. The van der Waals surface area contributed by atoms with Crippen LogP contribution >= 0.6 is 11.6 Å². The van der Waals surface area contributed by atoms with E-state index in [1.165, 1.54) is 0 Å². The second-order valence-electron chi connectivity index (χ2n) is 7.13. The van der Waals surface area contributed by atoms with Crippen LogP contribution in [0.2, 0.25) is 0 Å². The Labute approximate surface area is 173 Å². The number of benzene rings is 2. The molecule has 4 rings (SSSR count). The van der Waals surface area contributed by atoms with Gasteiger partial charge in [-0.3, -0.25) is 14.4 Å². The number of para-hydroxylation sites is 1. The van der Waals surface area contributed by atoms with E-state index in [2.05, 4.69) is 10.6 Å². The second kappa shape index (κ2) is 8.09. The molecule has 0 radical (unpaired) electrons. The number of nitrogens with one attached hydrogen (secondary N) is 2. The third-order valence-corrected chi connectivity index (χ3v) is 5.50. The summed E-state index contributed by atoms with van der Waals surface area (Å²) in [7, 11) is 0. The second-order valence-corrected chi connectivity index (χ2v) is 7.51. The zero-order valence-corrected chi connectivity index (χ0v) is 16.4. The quantitative estimate of drug-likeness (QED) is 0.736. The Morgan fingerprint density at radius 1 is 0.931 bits per heavy atom. The standard InChI is InChI=1S/C22H20ClN3O3/c23-18-19(22(29)26(21(18)28)17-8-2-1-3-9-17)24-16-12-10-14(11-13-16)20(27)25-15-6-4-5-7-15/h1-3,8-13,15,24H,4-7H2,(H,25,27). The molecule has 2 aromatic rings. The summed E-state index contributed by atoms with van der Waals surface area (Å²) in [6.07, 6.45) is 4.34. The van der Waals surface area contributed by atoms with Crippen LogP contribution in [0.25, 0.3) is 0 Å². The first-order valence-corrected chi connectivity index (χ1v) is 9.94. The van der Waals surface area contributed by atoms with Gasteiger partial charge in [0.2, 0.25) is 0 Å². The van der Waals surface area contributed by atoms with E-state index in [0.29, 0.717) is 16.9 Å². The van der Waals surface area contributed by atoms with Gasteiger partial charge in [-0.05, 0) is 49.2 Å². The van der Waals surface area contributed by atoms with Crippen LogP contribution in [-0.2, 0) is 9.59 Å². The Hall–Kier alpha value is -3.12. The molecule has 0 unspecified atom stereocenters. The minimum Gasteiger partial charge on any atom is -0.350 e. The summed E-state index contributed by atoms with van der Waals surface area (Å²) in [4.78, 5) is 38.6. The van der Waals surface area contributed by atoms with Crippen LogP contribution in [0.1, 0.15) is 36.0 Å². The van der Waals surface area contributed by atoms with Crippen molar-refractivity contribution < 1.29 is 14.4 Å². The van der Waals surface area contributed by atoms with E-state index in [1.54, 1.807) is 54.6 Å². The summed E-state index contributed by atoms with van der Waals surface area (Å²) in [6, 6.07) is 15.6. The van der Waals surface area contributed by atoms with Crippen molar-refractivity contribution >= 4 is 40.7 Å². The molecule has 0 saturated heterocycles. The van der Waals surface area contributed by atoms with Crippen molar-refractivity contribution in [1.82, 2.24) is 5.32 Å². The first-order chi connectivity index (χ1) is 14.0. The summed E-state index contributed by atoms with van der Waals surface area (Å²) >= 11 is 6.14. The maximum atomic E-state index is 12.7. The van der Waals surface area contributed by atoms with E-state index in [0.717, 1.165) is 30.6 Å². The van der Waals surface area contributed by atoms with Crippen LogP contribution < -0.4 is 15.5 Å². The maximum absolute atomic E-state index is 12.7. The van der Waals surface area contributed by atoms with Crippen molar-refractivity contribution in [2.45, 2.75) is 31.7 Å². The average Bonchev–Trinajstić information content (AvgIpc) is 3.32. The number of carbonyl (C=O) groups excluding carboxylic acids is 3. The molecule has 0 bridgehead atoms. The van der Waals surface area contributed by atoms with Crippen molar-refractivity contribution in [2.75, 3.05) is 10.2 Å². The molecule has 0 atom stereocenters. The Morgan fingerprint density at radius 2 is 1.59 bits per heavy atom. The predicted octanol–water partition coefficient (Wildman–Crippen LogP) is 3.79. The molecule has 3 amide bonds. The third kappa shape index (κ3) is 3.89. The number of rotatable bonds is 5. The van der Waals surface area contributed by atoms with Crippen LogP contribution in [0, 0.1) is 0 Å². The van der Waals surface area contributed by atoms with Gasteiger partial charge in [-0.1, -0.05) is 42.6 Å². The van der Waals surface area contributed by atoms with E-state index in [4.69, 9.17) is 11.6 Å². The van der Waals surface area contributed by atoms with Gasteiger partial charge in [0.1, 0.15) is 10.7 Å². The zero-order valence-electron chi connectivity index (χ0n) is 15.7. The van der Waals surface area contributed by atoms with Gasteiger partial charge in [-0.15, -0.1) is 0 Å². The highest BCUT2D eigenvalue weighted by Crippen LogP contribution is 2.30. The van der Waals surface area contributed by atoms with E-state index in [-0.39, 0.29) is 22.7 Å². The van der Waals surface area contributed by atoms with Gasteiger partial charge >= 0.3 is 0 Å². The summed E-state index contributed by atoms with van der Waals surface area (Å²) in [6.45, 7) is 0. The minimum atomic E-state index is -0.571. The molecule has 0 spiro atoms. The number of hydrogen-bond donors (Lipinski definition) is 2. The van der Waals surface area contributed by atoms with Crippen LogP contribution in [0.3, 0.4) is 0 Å². The summed E-state index contributed by atoms with van der Waals surface area (Å²) in [5.41, 5.74) is 1.58. The van der Waals surface area contributed by atoms with Crippen molar-refractivity contribution in [3.63, 3.8) is 0 Å². The molecular formula is C22H20ClN3O3. The van der Waals surface area contributed by atoms with Crippen LogP contribution in [0.15, 0.2) is 65.3 Å². The molecule has 1 fully saturated rings. The summed E-state index contributed by atoms with van der Waals surface area (Å²) < 4.78 is 0. The van der Waals surface area contributed by atoms with Crippen LogP contribution in [0.5, 0.6) is 0 Å². The van der Waals surface area contributed by atoms with Crippen molar-refractivity contribution in [3.05, 3.63) is 70.9 Å². The fourth-order valence-corrected chi connectivity index (χ4v) is 3.82. The Bertz CT molecular complexity index is 980. The third-order valence-electron chi connectivity index (χ3n) is 5.15. The molecule has 29 heavy (non-hydrogen) atoms. The summed E-state index contributed by atoms with van der Waals surface area (Å²) in [5.74, 6) is -1.20. The summed E-state index contributed by atoms with van der Waals surface area (Å²) in [5, 5.41) is 5.79. The minimum absolute atomic E-state index is 0.0173. The topological polar surface area (TPSA) is 78.5 Å². The van der Waals surface area contributed by atoms with Crippen molar-refractivity contribution in [1.29, 1.82) is 0 Å². The van der Waals surface area contributed by atoms with Gasteiger partial charge in [0.05, 0.1) is 5.69 Å². The molecule has 1 aliphatic heterocycles. The zero-order chi connectivity index (χ0) is 20.4. The lowest BCUT2D eigenvalue weighted by Gasteiger charge is -2.15. The number of hydrogen-bond acceptors (Lipinski definition) is 4. The molecule has 0 aromatic heterocycles. The molecule has 1 saturated carbocycles. The SMILES string of the molecule is O=C(NC1CCCC1)c1ccc(NC2=C(Cl)C(=O)N(c3ccccc3)C2=O)cc1. The maximum Gasteiger partial charge on any atom is 0.283 e. The van der Waals surface area contributed by atoms with Crippen molar-refractivity contribution in [2.24, 2.45) is 0 Å². The first kappa shape index (κ1) is 19.2. The Kier molecular flexibility index (Phi) is 5.36. The van der Waals surface area contributed by atoms with Gasteiger partial charge in [0.15, 0.2) is 0 Å². The van der Waals surface area contributed by atoms with E-state index in [9.17, 15) is 14.4 Å². The molecule has 1 aliphatic carbocycles. The lowest BCUT2D eigenvalue weighted by molar-refractivity contribution is -0.120. The largest absolute Gasteiger partial charge is 0.350 e. The molecule has 148 valence electrons. The number of carbonyl (C=O) groups is 3. The average molecular weight is 410 g/mol. The number of nitrogens with zero attached hydrogens (tertiary/aromatic N) is 1. The number of imide groups is 1. The van der Waals surface area contributed by atoms with Gasteiger partial charge in [-0.25, -0.2) is 4.90 Å². The normalized spacial score (nSPS) is 17.2. The lowest BCUT2D eigenvalue weighted by atomic mass is 10.1. The molecule has 2 aliphatic rings. The number of halogens is 1. The monoisotopic (exact) mass is 409 g/mol. The van der Waals surface area contributed by atoms with Crippen LogP contribution in [-0.4, -0.2) is 23.8 Å². The van der Waals surface area contributed by atoms with E-state index in [1.807, 2.05) is 0 Å². The van der Waals surface area contributed by atoms with E-state index >= 15 is 0 Å². The molecule has 2 N–H and O–H groups in total. The number of amides is 3. The highest BCUT2D eigenvalue weighted by molar-refractivity contribution is 6.53. The van der Waals surface area contributed by atoms with E-state index < -0.39 is 11.8 Å². The van der Waals surface area contributed by atoms with Gasteiger partial charge < -0.3 is 10.6 Å². The van der Waals surface area contributed by atoms with Gasteiger partial charge in [-0.2, -0.15) is 0 Å². The lowest BCUT2D eigenvalue weighted by Crippen LogP contribution is -2.32. The number of anilines is 2. The first-order valence-electron chi connectivity index (χ1n) is 9.56. The highest BCUT2D eigenvalue weighted by atomic mass is 35.5. The van der Waals surface area contributed by atoms with Gasteiger partial charge in [0.25, 0.3) is 17.7 Å². The molecule has 6 nitrogen and oxygen atoms in total. The fraction of sp³-hybridized carbons (Fsp3) is 0.227. The fourth-order valence-electron chi connectivity index (χ4n) is 3.61. The van der Waals surface area contributed by atoms with Crippen molar-refractivity contribution in [3.8, 4) is 0 Å².